The number of rotatable bonds is 4. The van der Waals surface area contributed by atoms with Crippen LogP contribution in [0.2, 0.25) is 0 Å². The van der Waals surface area contributed by atoms with Gasteiger partial charge in [0.1, 0.15) is 0 Å². The van der Waals surface area contributed by atoms with E-state index in [9.17, 15) is 26.7 Å². The summed E-state index contributed by atoms with van der Waals surface area (Å²) >= 11 is 0. The quantitative estimate of drug-likeness (QED) is 0.491. The molecule has 0 spiro atoms. The molecule has 0 amide bonds. The van der Waals surface area contributed by atoms with Crippen LogP contribution in [0.3, 0.4) is 0 Å². The van der Waals surface area contributed by atoms with Gasteiger partial charge in [0.2, 0.25) is 0 Å². The van der Waals surface area contributed by atoms with Crippen LogP contribution in [0.4, 0.5) is 13.2 Å². The van der Waals surface area contributed by atoms with Crippen LogP contribution in [0, 0.1) is 46.8 Å². The van der Waals surface area contributed by atoms with Crippen molar-refractivity contribution in [1.82, 2.24) is 0 Å². The molecule has 4 fully saturated rings. The number of sulfone groups is 1. The molecule has 0 bridgehead atoms. The van der Waals surface area contributed by atoms with Gasteiger partial charge in [0.15, 0.2) is 15.4 Å². The molecule has 1 N–H and O–H groups in total. The molecule has 0 aromatic heterocycles. The number of hydrogen-bond acceptors (Lipinski definition) is 3. The average molecular weight is 513 g/mol. The molecule has 35 heavy (non-hydrogen) atoms. The zero-order valence-electron chi connectivity index (χ0n) is 20.8. The first-order valence-corrected chi connectivity index (χ1v) is 15.1. The van der Waals surface area contributed by atoms with Crippen molar-refractivity contribution in [3.63, 3.8) is 0 Å². The largest absolute Gasteiger partial charge is 0.417 e. The van der Waals surface area contributed by atoms with E-state index in [2.05, 4.69) is 13.8 Å². The molecule has 5 rings (SSSR count). The summed E-state index contributed by atoms with van der Waals surface area (Å²) in [7, 11) is -3.34. The second kappa shape index (κ2) is 8.75. The van der Waals surface area contributed by atoms with Gasteiger partial charge >= 0.3 is 6.18 Å². The van der Waals surface area contributed by atoms with Gasteiger partial charge in [0.05, 0.1) is 10.6 Å². The first-order chi connectivity index (χ1) is 16.4. The minimum Gasteiger partial charge on any atom is -0.380 e. The highest BCUT2D eigenvalue weighted by Gasteiger charge is 2.62. The Morgan fingerprint density at radius 3 is 2.34 bits per heavy atom. The van der Waals surface area contributed by atoms with E-state index in [1.54, 1.807) is 24.3 Å². The Labute approximate surface area is 207 Å². The molecule has 4 aliphatic carbocycles. The van der Waals surface area contributed by atoms with Crippen molar-refractivity contribution in [1.29, 1.82) is 0 Å². The first kappa shape index (κ1) is 25.6. The maximum atomic E-state index is 13.5. The normalized spacial score (nSPS) is 42.6. The zero-order valence-corrected chi connectivity index (χ0v) is 21.6. The summed E-state index contributed by atoms with van der Waals surface area (Å²) in [5.74, 6) is 2.34. The second-order valence-corrected chi connectivity index (χ2v) is 14.5. The number of benzene rings is 1. The number of fused-ring (bicyclic) bond motifs is 5. The number of halogens is 3. The van der Waals surface area contributed by atoms with Crippen molar-refractivity contribution >= 4 is 9.84 Å². The van der Waals surface area contributed by atoms with Crippen LogP contribution in [0.15, 0.2) is 35.2 Å². The summed E-state index contributed by atoms with van der Waals surface area (Å²) in [5, 5.41) is 10.3. The molecule has 0 heterocycles. The molecule has 1 aromatic carbocycles. The monoisotopic (exact) mass is 512 g/mol. The van der Waals surface area contributed by atoms with E-state index in [0.717, 1.165) is 38.5 Å². The van der Waals surface area contributed by atoms with Crippen molar-refractivity contribution in [3.05, 3.63) is 30.3 Å². The predicted molar refractivity (Wildman–Crippen MR) is 129 cm³/mol. The van der Waals surface area contributed by atoms with Gasteiger partial charge in [-0.05, 0) is 117 Å². The van der Waals surface area contributed by atoms with Gasteiger partial charge in [-0.2, -0.15) is 13.2 Å². The minimum absolute atomic E-state index is 0.0341. The fraction of sp³-hybridized carbons (Fsp3) is 0.786. The van der Waals surface area contributed by atoms with Gasteiger partial charge in [-0.25, -0.2) is 8.42 Å². The van der Waals surface area contributed by atoms with E-state index >= 15 is 0 Å². The number of hydrogen-bond donors (Lipinski definition) is 1. The van der Waals surface area contributed by atoms with Crippen molar-refractivity contribution in [3.8, 4) is 0 Å². The van der Waals surface area contributed by atoms with Crippen molar-refractivity contribution < 1.29 is 26.7 Å². The van der Waals surface area contributed by atoms with Gasteiger partial charge < -0.3 is 5.11 Å². The Morgan fingerprint density at radius 1 is 0.971 bits per heavy atom. The molecule has 196 valence electrons. The van der Waals surface area contributed by atoms with Crippen molar-refractivity contribution in [2.24, 2.45) is 46.8 Å². The van der Waals surface area contributed by atoms with E-state index in [4.69, 9.17) is 0 Å². The third-order valence-corrected chi connectivity index (χ3v) is 12.8. The molecule has 4 aliphatic rings. The van der Waals surface area contributed by atoms with Gasteiger partial charge in [-0.1, -0.05) is 32.0 Å². The standard InChI is InChI=1S/C28H39F3O3S/c1-18(17-35(33,34)20-6-4-3-5-7-20)24-10-11-25-23-9-8-19-16-27(32,28(29,30)31)15-13-21(19)22(23)12-14-26(24,25)2/h3-7,18-19,21-25,32H,8-17H2,1-2H3/t18-,19+,21+,22-,23-,24-,25+,26-,27+/m1/s1. The van der Waals surface area contributed by atoms with E-state index in [-0.39, 0.29) is 41.8 Å². The Morgan fingerprint density at radius 2 is 1.66 bits per heavy atom. The Kier molecular flexibility index (Phi) is 6.39. The summed E-state index contributed by atoms with van der Waals surface area (Å²) in [4.78, 5) is 0.393. The SMILES string of the molecule is C[C@H](CS(=O)(=O)c1ccccc1)[C@H]1CC[C@H]2[C@@H]3CC[C@H]4C[C@](O)(C(F)(F)F)CC[C@@H]4[C@H]3CC[C@]12C. The van der Waals surface area contributed by atoms with Crippen molar-refractivity contribution in [2.75, 3.05) is 5.75 Å². The van der Waals surface area contributed by atoms with E-state index in [0.29, 0.717) is 35.0 Å². The Bertz CT molecular complexity index is 1030. The van der Waals surface area contributed by atoms with Gasteiger partial charge in [-0.3, -0.25) is 0 Å². The van der Waals surface area contributed by atoms with Crippen LogP contribution in [0.1, 0.15) is 71.6 Å². The van der Waals surface area contributed by atoms with Crippen LogP contribution < -0.4 is 0 Å². The first-order valence-electron chi connectivity index (χ1n) is 13.4. The van der Waals surface area contributed by atoms with Crippen LogP contribution in [0.5, 0.6) is 0 Å². The van der Waals surface area contributed by atoms with Gasteiger partial charge in [0.25, 0.3) is 0 Å². The topological polar surface area (TPSA) is 54.4 Å². The second-order valence-electron chi connectivity index (χ2n) is 12.5. The molecular weight excluding hydrogens is 473 g/mol. The summed E-state index contributed by atoms with van der Waals surface area (Å²) in [5.41, 5.74) is -2.41. The zero-order chi connectivity index (χ0) is 25.2. The van der Waals surface area contributed by atoms with Gasteiger partial charge in [0, 0.05) is 0 Å². The van der Waals surface area contributed by atoms with Crippen LogP contribution in [0.25, 0.3) is 0 Å². The van der Waals surface area contributed by atoms with E-state index in [1.807, 2.05) is 6.07 Å². The Hall–Kier alpha value is -1.08. The van der Waals surface area contributed by atoms with Crippen LogP contribution in [-0.4, -0.2) is 31.1 Å². The number of alkyl halides is 3. The van der Waals surface area contributed by atoms with E-state index < -0.39 is 21.6 Å². The minimum atomic E-state index is -4.55. The lowest BCUT2D eigenvalue weighted by molar-refractivity contribution is -0.282. The van der Waals surface area contributed by atoms with Crippen molar-refractivity contribution in [2.45, 2.75) is 88.3 Å². The summed E-state index contributed by atoms with van der Waals surface area (Å²) in [6.45, 7) is 4.47. The number of aliphatic hydroxyl groups is 1. The maximum absolute atomic E-state index is 13.5. The summed E-state index contributed by atoms with van der Waals surface area (Å²) in [6.07, 6.45) is 1.55. The third-order valence-electron chi connectivity index (χ3n) is 10.9. The van der Waals surface area contributed by atoms with E-state index in [1.165, 1.54) is 0 Å². The van der Waals surface area contributed by atoms with Crippen LogP contribution in [-0.2, 0) is 9.84 Å². The molecule has 0 unspecified atom stereocenters. The molecule has 3 nitrogen and oxygen atoms in total. The molecule has 9 atom stereocenters. The lowest BCUT2D eigenvalue weighted by Gasteiger charge is -2.57. The molecule has 7 heteroatoms. The average Bonchev–Trinajstić information content (AvgIpc) is 3.15. The molecule has 0 aliphatic heterocycles. The highest BCUT2D eigenvalue weighted by molar-refractivity contribution is 7.91. The third kappa shape index (κ3) is 4.26. The van der Waals surface area contributed by atoms with Crippen LogP contribution >= 0.6 is 0 Å². The molecular formula is C28H39F3O3S. The Balaban J connectivity index is 1.29. The smallest absolute Gasteiger partial charge is 0.380 e. The predicted octanol–water partition coefficient (Wildman–Crippen LogP) is 6.66. The lowest BCUT2D eigenvalue weighted by Crippen LogP contribution is -2.55. The summed E-state index contributed by atoms with van der Waals surface area (Å²) < 4.78 is 66.6. The fourth-order valence-electron chi connectivity index (χ4n) is 9.30. The highest BCUT2D eigenvalue weighted by Crippen LogP contribution is 2.66. The molecule has 4 saturated carbocycles. The highest BCUT2D eigenvalue weighted by atomic mass is 32.2. The molecule has 1 aromatic rings. The fourth-order valence-corrected chi connectivity index (χ4v) is 11.0. The van der Waals surface area contributed by atoms with Gasteiger partial charge in [-0.15, -0.1) is 0 Å². The molecule has 0 saturated heterocycles. The maximum Gasteiger partial charge on any atom is 0.417 e. The summed E-state index contributed by atoms with van der Waals surface area (Å²) in [6, 6.07) is 8.71. The molecule has 0 radical (unpaired) electrons. The lowest BCUT2D eigenvalue weighted by atomic mass is 9.48.